The van der Waals surface area contributed by atoms with E-state index >= 15 is 0 Å². The summed E-state index contributed by atoms with van der Waals surface area (Å²) in [6.07, 6.45) is 6.51. The molecule has 0 radical (unpaired) electrons. The molecule has 0 aromatic carbocycles. The van der Waals surface area contributed by atoms with Gasteiger partial charge in [-0.05, 0) is 19.9 Å². The molecule has 1 saturated heterocycles. The van der Waals surface area contributed by atoms with Gasteiger partial charge in [0.15, 0.2) is 0 Å². The lowest BCUT2D eigenvalue weighted by Crippen LogP contribution is -2.44. The minimum Gasteiger partial charge on any atom is -0.380 e. The van der Waals surface area contributed by atoms with Gasteiger partial charge in [0.05, 0.1) is 12.1 Å². The van der Waals surface area contributed by atoms with Crippen LogP contribution in [0.1, 0.15) is 12.8 Å². The third-order valence-corrected chi connectivity index (χ3v) is 4.02. The first-order chi connectivity index (χ1) is 9.20. The third kappa shape index (κ3) is 4.03. The topological polar surface area (TPSA) is 44.8 Å². The van der Waals surface area contributed by atoms with Crippen LogP contribution in [0.25, 0.3) is 0 Å². The van der Waals surface area contributed by atoms with E-state index in [4.69, 9.17) is 4.74 Å². The van der Waals surface area contributed by atoms with Crippen molar-refractivity contribution in [1.82, 2.24) is 15.1 Å². The summed E-state index contributed by atoms with van der Waals surface area (Å²) in [5.74, 6) is 0.134. The first-order valence-corrected chi connectivity index (χ1v) is 7.09. The van der Waals surface area contributed by atoms with E-state index in [1.165, 1.54) is 0 Å². The van der Waals surface area contributed by atoms with Gasteiger partial charge in [0.1, 0.15) is 0 Å². The fourth-order valence-corrected chi connectivity index (χ4v) is 2.78. The summed E-state index contributed by atoms with van der Waals surface area (Å²) < 4.78 is 5.32. The van der Waals surface area contributed by atoms with Gasteiger partial charge < -0.3 is 10.1 Å². The van der Waals surface area contributed by atoms with Crippen LogP contribution in [0.5, 0.6) is 0 Å². The summed E-state index contributed by atoms with van der Waals surface area (Å²) >= 11 is 0. The van der Waals surface area contributed by atoms with E-state index in [9.17, 15) is 4.79 Å². The number of rotatable bonds is 5. The Morgan fingerprint density at radius 2 is 2.32 bits per heavy atom. The van der Waals surface area contributed by atoms with E-state index < -0.39 is 0 Å². The molecular formula is C14H25N3O2. The molecule has 0 aliphatic carbocycles. The molecule has 0 saturated carbocycles. The Kier molecular flexibility index (Phi) is 5.36. The Balaban J connectivity index is 1.68. The molecule has 0 unspecified atom stereocenters. The van der Waals surface area contributed by atoms with Gasteiger partial charge in [-0.1, -0.05) is 12.2 Å². The summed E-state index contributed by atoms with van der Waals surface area (Å²) in [5.41, 5.74) is 0. The highest BCUT2D eigenvalue weighted by atomic mass is 16.5. The lowest BCUT2D eigenvalue weighted by atomic mass is 10.2. The number of hydrogen-bond donors (Lipinski definition) is 1. The molecule has 108 valence electrons. The van der Waals surface area contributed by atoms with Crippen molar-refractivity contribution >= 4 is 5.91 Å². The molecule has 2 aliphatic heterocycles. The van der Waals surface area contributed by atoms with Crippen LogP contribution in [0, 0.1) is 0 Å². The molecular weight excluding hydrogens is 242 g/mol. The summed E-state index contributed by atoms with van der Waals surface area (Å²) in [6, 6.07) is -0.0359. The SMILES string of the molecule is CO[C@H]1C[C@@H](C(=O)NCCN2CC=CCC2)N(C)C1. The number of likely N-dealkylation sites (tertiary alicyclic amines) is 1. The van der Waals surface area contributed by atoms with Crippen molar-refractivity contribution in [2.45, 2.75) is 25.0 Å². The molecule has 0 aromatic heterocycles. The van der Waals surface area contributed by atoms with Gasteiger partial charge in [0, 0.05) is 39.8 Å². The van der Waals surface area contributed by atoms with Gasteiger partial charge in [-0.15, -0.1) is 0 Å². The smallest absolute Gasteiger partial charge is 0.237 e. The number of ether oxygens (including phenoxy) is 1. The fraction of sp³-hybridized carbons (Fsp3) is 0.786. The van der Waals surface area contributed by atoms with Gasteiger partial charge in [0.2, 0.25) is 5.91 Å². The van der Waals surface area contributed by atoms with Gasteiger partial charge in [-0.3, -0.25) is 14.6 Å². The second-order valence-electron chi connectivity index (χ2n) is 5.40. The van der Waals surface area contributed by atoms with E-state index in [0.29, 0.717) is 0 Å². The van der Waals surface area contributed by atoms with Crippen LogP contribution >= 0.6 is 0 Å². The van der Waals surface area contributed by atoms with Crippen LogP contribution in [0.2, 0.25) is 0 Å². The van der Waals surface area contributed by atoms with Gasteiger partial charge in [-0.2, -0.15) is 0 Å². The van der Waals surface area contributed by atoms with Crippen LogP contribution in [0.4, 0.5) is 0 Å². The predicted molar refractivity (Wildman–Crippen MR) is 75.0 cm³/mol. The first-order valence-electron chi connectivity index (χ1n) is 7.09. The monoisotopic (exact) mass is 267 g/mol. The van der Waals surface area contributed by atoms with Crippen LogP contribution in [-0.2, 0) is 9.53 Å². The average molecular weight is 267 g/mol. The van der Waals surface area contributed by atoms with Crippen LogP contribution < -0.4 is 5.32 Å². The minimum atomic E-state index is -0.0359. The van der Waals surface area contributed by atoms with E-state index in [1.807, 2.05) is 7.05 Å². The summed E-state index contributed by atoms with van der Waals surface area (Å²) in [5, 5.41) is 3.05. The van der Waals surface area contributed by atoms with Crippen LogP contribution in [0.15, 0.2) is 12.2 Å². The molecule has 1 amide bonds. The minimum absolute atomic E-state index is 0.0359. The highest BCUT2D eigenvalue weighted by molar-refractivity contribution is 5.82. The Morgan fingerprint density at radius 1 is 1.47 bits per heavy atom. The Hall–Kier alpha value is -0.910. The van der Waals surface area contributed by atoms with Crippen molar-refractivity contribution in [3.05, 3.63) is 12.2 Å². The number of nitrogens with one attached hydrogen (secondary N) is 1. The molecule has 1 fully saturated rings. The molecule has 0 aromatic rings. The van der Waals surface area contributed by atoms with Crippen molar-refractivity contribution in [3.8, 4) is 0 Å². The van der Waals surface area contributed by atoms with Crippen LogP contribution in [0.3, 0.4) is 0 Å². The quantitative estimate of drug-likeness (QED) is 0.717. The maximum atomic E-state index is 12.1. The highest BCUT2D eigenvalue weighted by Gasteiger charge is 2.34. The molecule has 2 rings (SSSR count). The zero-order valence-electron chi connectivity index (χ0n) is 12.0. The molecule has 2 aliphatic rings. The number of carbonyl (C=O) groups excluding carboxylic acids is 1. The maximum absolute atomic E-state index is 12.1. The van der Waals surface area contributed by atoms with Gasteiger partial charge in [-0.25, -0.2) is 0 Å². The third-order valence-electron chi connectivity index (χ3n) is 4.02. The van der Waals surface area contributed by atoms with E-state index in [1.54, 1.807) is 7.11 Å². The maximum Gasteiger partial charge on any atom is 0.237 e. The van der Waals surface area contributed by atoms with Crippen molar-refractivity contribution in [2.75, 3.05) is 46.9 Å². The molecule has 5 heteroatoms. The second kappa shape index (κ2) is 7.03. The second-order valence-corrected chi connectivity index (χ2v) is 5.40. The summed E-state index contributed by atoms with van der Waals surface area (Å²) in [6.45, 7) is 4.60. The number of nitrogens with zero attached hydrogens (tertiary/aromatic N) is 2. The fourth-order valence-electron chi connectivity index (χ4n) is 2.78. The van der Waals surface area contributed by atoms with E-state index in [0.717, 1.165) is 45.6 Å². The number of amides is 1. The molecule has 1 N–H and O–H groups in total. The molecule has 2 heterocycles. The van der Waals surface area contributed by atoms with Crippen molar-refractivity contribution in [3.63, 3.8) is 0 Å². The number of methoxy groups -OCH3 is 1. The van der Waals surface area contributed by atoms with Crippen LogP contribution in [-0.4, -0.2) is 74.7 Å². The zero-order valence-corrected chi connectivity index (χ0v) is 12.0. The van der Waals surface area contributed by atoms with E-state index in [-0.39, 0.29) is 18.1 Å². The van der Waals surface area contributed by atoms with Gasteiger partial charge >= 0.3 is 0 Å². The Morgan fingerprint density at radius 3 is 2.95 bits per heavy atom. The lowest BCUT2D eigenvalue weighted by Gasteiger charge is -2.24. The first kappa shape index (κ1) is 14.5. The van der Waals surface area contributed by atoms with E-state index in [2.05, 4.69) is 27.3 Å². The largest absolute Gasteiger partial charge is 0.380 e. The molecule has 0 spiro atoms. The Bertz CT molecular complexity index is 333. The highest BCUT2D eigenvalue weighted by Crippen LogP contribution is 2.17. The number of carbonyl (C=O) groups is 1. The van der Waals surface area contributed by atoms with Crippen molar-refractivity contribution in [2.24, 2.45) is 0 Å². The number of hydrogen-bond acceptors (Lipinski definition) is 4. The predicted octanol–water partition coefficient (Wildman–Crippen LogP) is 0.0836. The van der Waals surface area contributed by atoms with Crippen molar-refractivity contribution in [1.29, 1.82) is 0 Å². The van der Waals surface area contributed by atoms with Gasteiger partial charge in [0.25, 0.3) is 0 Å². The standard InChI is InChI=1S/C14H25N3O2/c1-16-11-12(19-2)10-13(16)14(18)15-6-9-17-7-4-3-5-8-17/h3-4,12-13H,5-11H2,1-2H3,(H,15,18)/t12-,13-/m0/s1. The normalized spacial score (nSPS) is 28.7. The lowest BCUT2D eigenvalue weighted by molar-refractivity contribution is -0.125. The van der Waals surface area contributed by atoms with Crippen molar-refractivity contribution < 1.29 is 9.53 Å². The molecule has 5 nitrogen and oxygen atoms in total. The summed E-state index contributed by atoms with van der Waals surface area (Å²) in [4.78, 5) is 16.6. The zero-order chi connectivity index (χ0) is 13.7. The Labute approximate surface area is 115 Å². The number of likely N-dealkylation sites (N-methyl/N-ethyl adjacent to an activating group) is 1. The molecule has 0 bridgehead atoms. The summed E-state index contributed by atoms with van der Waals surface area (Å²) in [7, 11) is 3.70. The average Bonchev–Trinajstić information content (AvgIpc) is 2.81. The molecule has 19 heavy (non-hydrogen) atoms. The molecule has 2 atom stereocenters.